The van der Waals surface area contributed by atoms with Gasteiger partial charge in [0.25, 0.3) is 0 Å². The minimum Gasteiger partial charge on any atom is -0.380 e. The number of alkyl halides is 3. The van der Waals surface area contributed by atoms with Gasteiger partial charge in [0.1, 0.15) is 5.82 Å². The Morgan fingerprint density at radius 2 is 1.65 bits per heavy atom. The number of benzene rings is 1. The van der Waals surface area contributed by atoms with Crippen LogP contribution in [-0.2, 0) is 9.59 Å². The van der Waals surface area contributed by atoms with Gasteiger partial charge in [-0.05, 0) is 67.1 Å². The SMILES string of the molecule is O=C1[C@H]2[C@@H]3C[C@@H]([C@H]2C(=O)N1C[C@@H]1CCCC[C@H]1CN1CCN(c2nsc4ccccc24)CC1)[C@](O)(C(F)(F)F)C3. The van der Waals surface area contributed by atoms with Crippen molar-refractivity contribution in [2.75, 3.05) is 44.2 Å². The number of fused-ring (bicyclic) bond motifs is 6. The standard InChI is InChI=1S/C29H35F3N4O3S/c30-29(31,32)28(39)14-19-13-21(28)24-23(19)26(37)36(27(24)38)16-18-6-2-1-5-17(18)15-34-9-11-35(12-10-34)25-20-7-3-4-8-22(20)40-33-25/h3-4,7-8,17-19,21,23-24,39H,1-2,5-6,9-16H2/t17-,18-,19+,21-,23-,24+,28-/m0/s1. The molecule has 5 fully saturated rings. The first kappa shape index (κ1) is 26.6. The maximum Gasteiger partial charge on any atom is 0.417 e. The van der Waals surface area contributed by atoms with Crippen LogP contribution in [0.1, 0.15) is 38.5 Å². The molecule has 1 N–H and O–H groups in total. The molecule has 2 aromatic rings. The van der Waals surface area contributed by atoms with Gasteiger partial charge in [-0.25, -0.2) is 0 Å². The van der Waals surface area contributed by atoms with Crippen molar-refractivity contribution in [1.29, 1.82) is 0 Å². The summed E-state index contributed by atoms with van der Waals surface area (Å²) in [6.07, 6.45) is -1.06. The van der Waals surface area contributed by atoms with Crippen molar-refractivity contribution in [2.45, 2.75) is 50.3 Å². The van der Waals surface area contributed by atoms with E-state index >= 15 is 0 Å². The highest BCUT2D eigenvalue weighted by molar-refractivity contribution is 7.13. The minimum atomic E-state index is -4.79. The molecule has 3 aliphatic carbocycles. The molecule has 2 aliphatic heterocycles. The number of likely N-dealkylation sites (tertiary alicyclic amines) is 1. The van der Waals surface area contributed by atoms with Crippen LogP contribution in [0.2, 0.25) is 0 Å². The van der Waals surface area contributed by atoms with Gasteiger partial charge in [0, 0.05) is 50.6 Å². The van der Waals surface area contributed by atoms with Crippen molar-refractivity contribution in [2.24, 2.45) is 35.5 Å². The van der Waals surface area contributed by atoms with Gasteiger partial charge in [-0.2, -0.15) is 17.5 Å². The second-order valence-corrected chi connectivity index (χ2v) is 13.5. The zero-order chi connectivity index (χ0) is 27.8. The van der Waals surface area contributed by atoms with Crippen molar-refractivity contribution >= 4 is 39.3 Å². The molecule has 1 aromatic heterocycles. The molecule has 3 heterocycles. The highest BCUT2D eigenvalue weighted by Crippen LogP contribution is 2.64. The molecule has 0 unspecified atom stereocenters. The van der Waals surface area contributed by atoms with Gasteiger partial charge in [-0.3, -0.25) is 19.4 Å². The quantitative estimate of drug-likeness (QED) is 0.539. The van der Waals surface area contributed by atoms with Gasteiger partial charge < -0.3 is 10.0 Å². The number of carbonyl (C=O) groups excluding carboxylic acids is 2. The summed E-state index contributed by atoms with van der Waals surface area (Å²) in [6, 6.07) is 8.30. The average Bonchev–Trinajstić information content (AvgIpc) is 3.68. The van der Waals surface area contributed by atoms with E-state index in [0.29, 0.717) is 12.5 Å². The lowest BCUT2D eigenvalue weighted by atomic mass is 9.72. The first-order chi connectivity index (χ1) is 19.2. The third-order valence-electron chi connectivity index (χ3n) is 10.7. The Balaban J connectivity index is 0.998. The number of piperazine rings is 1. The van der Waals surface area contributed by atoms with Crippen molar-refractivity contribution in [3.8, 4) is 0 Å². The van der Waals surface area contributed by atoms with Crippen LogP contribution in [0.5, 0.6) is 0 Å². The molecule has 216 valence electrons. The fourth-order valence-electron chi connectivity index (χ4n) is 8.65. The van der Waals surface area contributed by atoms with Gasteiger partial charge in [-0.1, -0.05) is 25.0 Å². The Hall–Kier alpha value is -2.24. The van der Waals surface area contributed by atoms with Crippen molar-refractivity contribution < 1.29 is 27.9 Å². The average molecular weight is 577 g/mol. The number of imide groups is 1. The first-order valence-corrected chi connectivity index (χ1v) is 15.4. The Morgan fingerprint density at radius 3 is 2.38 bits per heavy atom. The summed E-state index contributed by atoms with van der Waals surface area (Å²) >= 11 is 1.53. The van der Waals surface area contributed by atoms with E-state index in [1.54, 1.807) is 0 Å². The van der Waals surface area contributed by atoms with Crippen LogP contribution in [0.15, 0.2) is 24.3 Å². The predicted molar refractivity (Wildman–Crippen MR) is 145 cm³/mol. The zero-order valence-electron chi connectivity index (χ0n) is 22.4. The Kier molecular flexibility index (Phi) is 6.43. The van der Waals surface area contributed by atoms with E-state index in [-0.39, 0.29) is 18.2 Å². The molecular formula is C29H35F3N4O3S. The largest absolute Gasteiger partial charge is 0.417 e. The Labute approximate surface area is 235 Å². The molecule has 1 aromatic carbocycles. The fraction of sp³-hybridized carbons (Fsp3) is 0.690. The van der Waals surface area contributed by atoms with Gasteiger partial charge in [-0.15, -0.1) is 0 Å². The molecule has 0 radical (unpaired) electrons. The van der Waals surface area contributed by atoms with E-state index in [9.17, 15) is 27.9 Å². The highest BCUT2D eigenvalue weighted by Gasteiger charge is 2.74. The van der Waals surface area contributed by atoms with Crippen LogP contribution in [0.3, 0.4) is 0 Å². The Bertz CT molecular complexity index is 1310. The van der Waals surface area contributed by atoms with E-state index in [1.165, 1.54) is 26.5 Å². The topological polar surface area (TPSA) is 77.0 Å². The van der Waals surface area contributed by atoms with Crippen molar-refractivity contribution in [3.05, 3.63) is 24.3 Å². The normalized spacial score (nSPS) is 36.7. The monoisotopic (exact) mass is 576 g/mol. The molecule has 5 aliphatic rings. The summed E-state index contributed by atoms with van der Waals surface area (Å²) in [4.78, 5) is 32.9. The smallest absolute Gasteiger partial charge is 0.380 e. The summed E-state index contributed by atoms with van der Waals surface area (Å²) in [5.41, 5.74) is -2.86. The summed E-state index contributed by atoms with van der Waals surface area (Å²) < 4.78 is 47.1. The molecule has 40 heavy (non-hydrogen) atoms. The second kappa shape index (κ2) is 9.66. The first-order valence-electron chi connectivity index (χ1n) is 14.6. The van der Waals surface area contributed by atoms with Crippen LogP contribution in [0.25, 0.3) is 10.1 Å². The molecule has 11 heteroatoms. The number of anilines is 1. The molecule has 7 atom stereocenters. The number of rotatable bonds is 5. The number of halogens is 3. The van der Waals surface area contributed by atoms with Gasteiger partial charge in [0.15, 0.2) is 5.60 Å². The lowest BCUT2D eigenvalue weighted by Crippen LogP contribution is -2.54. The van der Waals surface area contributed by atoms with Gasteiger partial charge in [0.2, 0.25) is 11.8 Å². The van der Waals surface area contributed by atoms with E-state index in [0.717, 1.165) is 64.2 Å². The lowest BCUT2D eigenvalue weighted by molar-refractivity contribution is -0.282. The van der Waals surface area contributed by atoms with Crippen LogP contribution in [0, 0.1) is 35.5 Å². The number of hydrogen-bond acceptors (Lipinski definition) is 7. The van der Waals surface area contributed by atoms with Crippen molar-refractivity contribution in [1.82, 2.24) is 14.2 Å². The van der Waals surface area contributed by atoms with Crippen LogP contribution < -0.4 is 4.90 Å². The fourth-order valence-corrected chi connectivity index (χ4v) is 9.44. The summed E-state index contributed by atoms with van der Waals surface area (Å²) in [7, 11) is 0. The number of aromatic nitrogens is 1. The molecular weight excluding hydrogens is 541 g/mol. The summed E-state index contributed by atoms with van der Waals surface area (Å²) in [5, 5.41) is 11.7. The second-order valence-electron chi connectivity index (χ2n) is 12.7. The van der Waals surface area contributed by atoms with Crippen molar-refractivity contribution in [3.63, 3.8) is 0 Å². The molecule has 0 spiro atoms. The van der Waals surface area contributed by atoms with Crippen LogP contribution in [-0.4, -0.2) is 82.1 Å². The number of aliphatic hydroxyl groups is 1. The molecule has 7 rings (SSSR count). The van der Waals surface area contributed by atoms with E-state index < -0.39 is 47.8 Å². The zero-order valence-corrected chi connectivity index (χ0v) is 23.2. The van der Waals surface area contributed by atoms with Crippen LogP contribution in [0.4, 0.5) is 19.0 Å². The number of carbonyl (C=O) groups is 2. The van der Waals surface area contributed by atoms with Gasteiger partial charge in [0.05, 0.1) is 16.5 Å². The molecule has 2 bridgehead atoms. The lowest BCUT2D eigenvalue weighted by Gasteiger charge is -2.40. The maximum absolute atomic E-state index is 13.7. The third kappa shape index (κ3) is 4.09. The third-order valence-corrected chi connectivity index (χ3v) is 11.5. The molecule has 3 saturated carbocycles. The maximum atomic E-state index is 13.7. The minimum absolute atomic E-state index is 0.103. The molecule has 7 nitrogen and oxygen atoms in total. The number of amides is 2. The van der Waals surface area contributed by atoms with Crippen LogP contribution >= 0.6 is 11.5 Å². The van der Waals surface area contributed by atoms with E-state index in [4.69, 9.17) is 4.37 Å². The summed E-state index contributed by atoms with van der Waals surface area (Å²) in [6.45, 7) is 4.81. The summed E-state index contributed by atoms with van der Waals surface area (Å²) in [5.74, 6) is -2.76. The van der Waals surface area contributed by atoms with E-state index in [1.807, 2.05) is 12.1 Å². The van der Waals surface area contributed by atoms with Gasteiger partial charge >= 0.3 is 6.18 Å². The predicted octanol–water partition coefficient (Wildman–Crippen LogP) is 4.16. The van der Waals surface area contributed by atoms with E-state index in [2.05, 4.69) is 21.9 Å². The highest BCUT2D eigenvalue weighted by atomic mass is 32.1. The number of nitrogens with zero attached hydrogens (tertiary/aromatic N) is 4. The molecule has 2 amide bonds. The Morgan fingerprint density at radius 1 is 0.975 bits per heavy atom. The molecule has 2 saturated heterocycles. The number of hydrogen-bond donors (Lipinski definition) is 1.